The molecule has 0 aliphatic heterocycles. The van der Waals surface area contributed by atoms with Crippen molar-refractivity contribution in [1.82, 2.24) is 0 Å². The third kappa shape index (κ3) is 4.96. The molecule has 0 spiro atoms. The fraction of sp³-hybridized carbons (Fsp3) is 0.278. The zero-order chi connectivity index (χ0) is 19.2. The number of ether oxygens (including phenoxy) is 3. The molecule has 7 nitrogen and oxygen atoms in total. The Kier molecular flexibility index (Phi) is 6.59. The number of rotatable bonds is 9. The molecular weight excluding hydrogens is 360 g/mol. The van der Waals surface area contributed by atoms with Crippen molar-refractivity contribution in [2.75, 3.05) is 27.4 Å². The van der Waals surface area contributed by atoms with Crippen molar-refractivity contribution in [3.8, 4) is 17.2 Å². The van der Waals surface area contributed by atoms with E-state index >= 15 is 0 Å². The molecule has 0 N–H and O–H groups in total. The Bertz CT molecular complexity index is 858. The summed E-state index contributed by atoms with van der Waals surface area (Å²) in [5.41, 5.74) is 0.147. The van der Waals surface area contributed by atoms with E-state index in [1.807, 2.05) is 0 Å². The molecule has 0 fully saturated rings. The molecule has 0 saturated carbocycles. The molecule has 0 saturated heterocycles. The van der Waals surface area contributed by atoms with Crippen LogP contribution >= 0.6 is 0 Å². The minimum atomic E-state index is -4.12. The molecule has 0 aliphatic rings. The first-order valence-electron chi connectivity index (χ1n) is 7.72. The Labute approximate surface area is 152 Å². The van der Waals surface area contributed by atoms with Crippen LogP contribution in [0.5, 0.6) is 17.2 Å². The standard InChI is InChI=1S/C18H20O7S/c1-13(19)17-9-6-15(23-3)12-18(17)25-26(20,21)16-7-4-14(5-8-16)24-11-10-22-2/h4-9,12H,10-11H2,1-3H3. The maximum Gasteiger partial charge on any atom is 0.339 e. The lowest BCUT2D eigenvalue weighted by Gasteiger charge is -2.12. The van der Waals surface area contributed by atoms with Crippen LogP contribution in [-0.4, -0.2) is 41.6 Å². The van der Waals surface area contributed by atoms with Gasteiger partial charge >= 0.3 is 10.1 Å². The minimum Gasteiger partial charge on any atom is -0.497 e. The number of hydrogen-bond donors (Lipinski definition) is 0. The molecule has 2 aromatic rings. The van der Waals surface area contributed by atoms with E-state index in [4.69, 9.17) is 18.4 Å². The van der Waals surface area contributed by atoms with Gasteiger partial charge < -0.3 is 18.4 Å². The molecule has 0 amide bonds. The van der Waals surface area contributed by atoms with E-state index in [-0.39, 0.29) is 22.0 Å². The fourth-order valence-corrected chi connectivity index (χ4v) is 3.04. The molecule has 0 bridgehead atoms. The first-order valence-corrected chi connectivity index (χ1v) is 9.13. The van der Waals surface area contributed by atoms with Gasteiger partial charge in [0, 0.05) is 13.2 Å². The molecule has 0 atom stereocenters. The average Bonchev–Trinajstić information content (AvgIpc) is 2.61. The molecule has 0 heterocycles. The normalized spacial score (nSPS) is 11.0. The Morgan fingerprint density at radius 2 is 1.62 bits per heavy atom. The third-order valence-corrected chi connectivity index (χ3v) is 4.68. The Morgan fingerprint density at radius 3 is 2.19 bits per heavy atom. The van der Waals surface area contributed by atoms with E-state index in [9.17, 15) is 13.2 Å². The van der Waals surface area contributed by atoms with Gasteiger partial charge in [-0.25, -0.2) is 0 Å². The number of methoxy groups -OCH3 is 2. The van der Waals surface area contributed by atoms with Crippen molar-refractivity contribution in [3.63, 3.8) is 0 Å². The summed E-state index contributed by atoms with van der Waals surface area (Å²) in [6.45, 7) is 2.10. The van der Waals surface area contributed by atoms with Crippen LogP contribution in [0.1, 0.15) is 17.3 Å². The number of benzene rings is 2. The molecule has 0 aliphatic carbocycles. The molecule has 0 radical (unpaired) electrons. The molecule has 0 unspecified atom stereocenters. The Morgan fingerprint density at radius 1 is 0.962 bits per heavy atom. The van der Waals surface area contributed by atoms with Gasteiger partial charge in [-0.2, -0.15) is 8.42 Å². The van der Waals surface area contributed by atoms with Crippen molar-refractivity contribution >= 4 is 15.9 Å². The van der Waals surface area contributed by atoms with Crippen LogP contribution in [-0.2, 0) is 14.9 Å². The van der Waals surface area contributed by atoms with Crippen LogP contribution in [0.15, 0.2) is 47.4 Å². The zero-order valence-corrected chi connectivity index (χ0v) is 15.5. The van der Waals surface area contributed by atoms with E-state index in [0.717, 1.165) is 0 Å². The second kappa shape index (κ2) is 8.68. The van der Waals surface area contributed by atoms with Gasteiger partial charge in [0.05, 0.1) is 19.3 Å². The van der Waals surface area contributed by atoms with Crippen LogP contribution < -0.4 is 13.7 Å². The van der Waals surface area contributed by atoms with Gasteiger partial charge in [-0.1, -0.05) is 0 Å². The van der Waals surface area contributed by atoms with E-state index in [2.05, 4.69) is 0 Å². The lowest BCUT2D eigenvalue weighted by atomic mass is 10.1. The summed E-state index contributed by atoms with van der Waals surface area (Å²) in [6.07, 6.45) is 0. The molecular formula is C18H20O7S. The number of ketones is 1. The summed E-state index contributed by atoms with van der Waals surface area (Å²) in [5, 5.41) is 0. The molecule has 26 heavy (non-hydrogen) atoms. The lowest BCUT2D eigenvalue weighted by molar-refractivity contribution is 0.101. The van der Waals surface area contributed by atoms with Crippen LogP contribution in [0.4, 0.5) is 0 Å². The zero-order valence-electron chi connectivity index (χ0n) is 14.7. The van der Waals surface area contributed by atoms with E-state index in [1.165, 1.54) is 50.4 Å². The van der Waals surface area contributed by atoms with Gasteiger partial charge in [-0.05, 0) is 43.3 Å². The molecule has 140 valence electrons. The highest BCUT2D eigenvalue weighted by Gasteiger charge is 2.20. The van der Waals surface area contributed by atoms with E-state index in [1.54, 1.807) is 13.2 Å². The summed E-state index contributed by atoms with van der Waals surface area (Å²) in [7, 11) is -1.13. The maximum absolute atomic E-state index is 12.5. The summed E-state index contributed by atoms with van der Waals surface area (Å²) < 4.78 is 45.5. The topological polar surface area (TPSA) is 88.1 Å². The first-order chi connectivity index (χ1) is 12.4. The van der Waals surface area contributed by atoms with Crippen molar-refractivity contribution in [2.45, 2.75) is 11.8 Å². The summed E-state index contributed by atoms with van der Waals surface area (Å²) >= 11 is 0. The van der Waals surface area contributed by atoms with Crippen molar-refractivity contribution in [3.05, 3.63) is 48.0 Å². The monoisotopic (exact) mass is 380 g/mol. The van der Waals surface area contributed by atoms with Crippen molar-refractivity contribution in [2.24, 2.45) is 0 Å². The number of carbonyl (C=O) groups excluding carboxylic acids is 1. The third-order valence-electron chi connectivity index (χ3n) is 3.44. The number of Topliss-reactive ketones (excluding diaryl/α,β-unsaturated/α-hetero) is 1. The van der Waals surface area contributed by atoms with Crippen LogP contribution in [0, 0.1) is 0 Å². The smallest absolute Gasteiger partial charge is 0.339 e. The van der Waals surface area contributed by atoms with Gasteiger partial charge in [0.15, 0.2) is 11.5 Å². The van der Waals surface area contributed by atoms with Crippen molar-refractivity contribution in [1.29, 1.82) is 0 Å². The SMILES string of the molecule is COCCOc1ccc(S(=O)(=O)Oc2cc(OC)ccc2C(C)=O)cc1. The summed E-state index contributed by atoms with van der Waals surface area (Å²) in [5.74, 6) is 0.478. The Balaban J connectivity index is 2.24. The van der Waals surface area contributed by atoms with Crippen molar-refractivity contribution < 1.29 is 31.6 Å². The predicted octanol–water partition coefficient (Wildman–Crippen LogP) is 2.69. The van der Waals surface area contributed by atoms with E-state index in [0.29, 0.717) is 24.7 Å². The Hall–Kier alpha value is -2.58. The quantitative estimate of drug-likeness (QED) is 0.375. The first kappa shape index (κ1) is 19.7. The van der Waals surface area contributed by atoms with Crippen LogP contribution in [0.2, 0.25) is 0 Å². The fourth-order valence-electron chi connectivity index (χ4n) is 2.10. The van der Waals surface area contributed by atoms with E-state index < -0.39 is 10.1 Å². The maximum atomic E-state index is 12.5. The van der Waals surface area contributed by atoms with Gasteiger partial charge in [-0.15, -0.1) is 0 Å². The van der Waals surface area contributed by atoms with Gasteiger partial charge in [-0.3, -0.25) is 4.79 Å². The summed E-state index contributed by atoms with van der Waals surface area (Å²) in [6, 6.07) is 10.1. The minimum absolute atomic E-state index is 0.0612. The lowest BCUT2D eigenvalue weighted by Crippen LogP contribution is -2.12. The highest BCUT2D eigenvalue weighted by molar-refractivity contribution is 7.87. The van der Waals surface area contributed by atoms with Gasteiger partial charge in [0.1, 0.15) is 23.0 Å². The molecule has 8 heteroatoms. The highest BCUT2D eigenvalue weighted by atomic mass is 32.2. The largest absolute Gasteiger partial charge is 0.497 e. The molecule has 2 aromatic carbocycles. The number of carbonyl (C=O) groups is 1. The summed E-state index contributed by atoms with van der Waals surface area (Å²) in [4.78, 5) is 11.7. The predicted molar refractivity (Wildman–Crippen MR) is 94.6 cm³/mol. The van der Waals surface area contributed by atoms with Crippen LogP contribution in [0.3, 0.4) is 0 Å². The average molecular weight is 380 g/mol. The molecule has 0 aromatic heterocycles. The second-order valence-corrected chi connectivity index (χ2v) is 6.81. The molecule has 2 rings (SSSR count). The highest BCUT2D eigenvalue weighted by Crippen LogP contribution is 2.28. The second-order valence-electron chi connectivity index (χ2n) is 5.27. The van der Waals surface area contributed by atoms with Gasteiger partial charge in [0.2, 0.25) is 0 Å². The van der Waals surface area contributed by atoms with Gasteiger partial charge in [0.25, 0.3) is 0 Å². The van der Waals surface area contributed by atoms with Crippen LogP contribution in [0.25, 0.3) is 0 Å². The number of hydrogen-bond acceptors (Lipinski definition) is 7.